The zero-order valence-corrected chi connectivity index (χ0v) is 7.98. The largest absolute Gasteiger partial charge is 0.411 e. The van der Waals surface area contributed by atoms with Crippen LogP contribution in [0.3, 0.4) is 0 Å². The van der Waals surface area contributed by atoms with Gasteiger partial charge in [-0.15, -0.1) is 0 Å². The molecule has 0 amide bonds. The van der Waals surface area contributed by atoms with E-state index in [0.717, 1.165) is 19.3 Å². The molecule has 0 saturated carbocycles. The summed E-state index contributed by atoms with van der Waals surface area (Å²) in [6.07, 6.45) is 4.83. The Hall–Kier alpha value is -1.57. The average Bonchev–Trinajstić information content (AvgIpc) is 2.68. The zero-order valence-electron chi connectivity index (χ0n) is 7.98. The summed E-state index contributed by atoms with van der Waals surface area (Å²) in [4.78, 5) is 0. The van der Waals surface area contributed by atoms with Crippen LogP contribution in [0.15, 0.2) is 41.1 Å². The molecular formula is C12H13NO. The second kappa shape index (κ2) is 4.09. The smallest absolute Gasteiger partial charge is 0.0696 e. The molecule has 1 aliphatic carbocycles. The van der Waals surface area contributed by atoms with Gasteiger partial charge >= 0.3 is 0 Å². The third kappa shape index (κ3) is 1.69. The van der Waals surface area contributed by atoms with Crippen molar-refractivity contribution < 1.29 is 5.21 Å². The molecule has 1 aliphatic rings. The zero-order chi connectivity index (χ0) is 9.80. The molecule has 72 valence electrons. The maximum Gasteiger partial charge on any atom is 0.0696 e. The van der Waals surface area contributed by atoms with Crippen LogP contribution < -0.4 is 0 Å². The van der Waals surface area contributed by atoms with Gasteiger partial charge in [0.15, 0.2) is 0 Å². The Morgan fingerprint density at radius 3 is 2.64 bits per heavy atom. The predicted molar refractivity (Wildman–Crippen MR) is 57.5 cm³/mol. The van der Waals surface area contributed by atoms with E-state index in [1.165, 1.54) is 16.7 Å². The molecule has 2 nitrogen and oxygen atoms in total. The summed E-state index contributed by atoms with van der Waals surface area (Å²) in [7, 11) is 0. The molecule has 0 saturated heterocycles. The van der Waals surface area contributed by atoms with Crippen molar-refractivity contribution in [1.29, 1.82) is 0 Å². The fourth-order valence-corrected chi connectivity index (χ4v) is 1.95. The third-order valence-corrected chi connectivity index (χ3v) is 2.60. The van der Waals surface area contributed by atoms with Crippen LogP contribution in [0.1, 0.15) is 24.8 Å². The summed E-state index contributed by atoms with van der Waals surface area (Å²) >= 11 is 0. The number of nitrogens with zero attached hydrogens (tertiary/aromatic N) is 1. The van der Waals surface area contributed by atoms with Gasteiger partial charge in [-0.05, 0) is 36.0 Å². The molecule has 1 aromatic rings. The fourth-order valence-electron chi connectivity index (χ4n) is 1.95. The molecule has 0 fully saturated rings. The Kier molecular flexibility index (Phi) is 2.63. The lowest BCUT2D eigenvalue weighted by Gasteiger charge is -2.02. The highest BCUT2D eigenvalue weighted by Gasteiger charge is 2.14. The number of hydrogen-bond acceptors (Lipinski definition) is 2. The third-order valence-electron chi connectivity index (χ3n) is 2.60. The molecule has 0 aliphatic heterocycles. The monoisotopic (exact) mass is 187 g/mol. The first-order valence-corrected chi connectivity index (χ1v) is 4.86. The van der Waals surface area contributed by atoms with E-state index in [2.05, 4.69) is 17.3 Å². The van der Waals surface area contributed by atoms with Gasteiger partial charge in [0, 0.05) is 0 Å². The molecule has 0 spiro atoms. The van der Waals surface area contributed by atoms with E-state index in [4.69, 9.17) is 5.21 Å². The van der Waals surface area contributed by atoms with E-state index in [0.29, 0.717) is 0 Å². The topological polar surface area (TPSA) is 32.6 Å². The van der Waals surface area contributed by atoms with Crippen molar-refractivity contribution in [3.05, 3.63) is 41.5 Å². The average molecular weight is 187 g/mol. The number of hydrogen-bond donors (Lipinski definition) is 1. The molecule has 0 heterocycles. The Balaban J connectivity index is 2.37. The lowest BCUT2D eigenvalue weighted by molar-refractivity contribution is 0.321. The number of rotatable bonds is 2. The van der Waals surface area contributed by atoms with Crippen molar-refractivity contribution >= 4 is 11.8 Å². The Labute approximate surface area is 83.6 Å². The van der Waals surface area contributed by atoms with E-state index in [-0.39, 0.29) is 0 Å². The highest BCUT2D eigenvalue weighted by atomic mass is 16.4. The van der Waals surface area contributed by atoms with E-state index < -0.39 is 0 Å². The molecule has 0 aromatic heterocycles. The van der Waals surface area contributed by atoms with E-state index >= 15 is 0 Å². The molecule has 0 radical (unpaired) electrons. The van der Waals surface area contributed by atoms with Gasteiger partial charge in [0.2, 0.25) is 0 Å². The summed E-state index contributed by atoms with van der Waals surface area (Å²) < 4.78 is 0. The van der Waals surface area contributed by atoms with Crippen molar-refractivity contribution in [2.24, 2.45) is 5.16 Å². The summed E-state index contributed by atoms with van der Waals surface area (Å²) in [6, 6.07) is 10.3. The van der Waals surface area contributed by atoms with E-state index in [9.17, 15) is 0 Å². The lowest BCUT2D eigenvalue weighted by Crippen LogP contribution is -1.85. The van der Waals surface area contributed by atoms with E-state index in [1.807, 2.05) is 18.2 Å². The van der Waals surface area contributed by atoms with E-state index in [1.54, 1.807) is 6.21 Å². The molecular weight excluding hydrogens is 174 g/mol. The number of oxime groups is 1. The van der Waals surface area contributed by atoms with Crippen molar-refractivity contribution in [3.8, 4) is 0 Å². The van der Waals surface area contributed by atoms with Gasteiger partial charge in [-0.3, -0.25) is 0 Å². The van der Waals surface area contributed by atoms with Gasteiger partial charge in [0.25, 0.3) is 0 Å². The van der Waals surface area contributed by atoms with Crippen LogP contribution in [0.25, 0.3) is 5.57 Å². The summed E-state index contributed by atoms with van der Waals surface area (Å²) in [6.45, 7) is 0. The molecule has 0 atom stereocenters. The van der Waals surface area contributed by atoms with Gasteiger partial charge in [-0.2, -0.15) is 0 Å². The van der Waals surface area contributed by atoms with Crippen molar-refractivity contribution in [3.63, 3.8) is 0 Å². The first-order chi connectivity index (χ1) is 6.92. The minimum atomic E-state index is 1.02. The molecule has 2 rings (SSSR count). The van der Waals surface area contributed by atoms with Crippen molar-refractivity contribution in [2.75, 3.05) is 0 Å². The summed E-state index contributed by atoms with van der Waals surface area (Å²) in [5.74, 6) is 0. The molecule has 0 bridgehead atoms. The first kappa shape index (κ1) is 9.00. The van der Waals surface area contributed by atoms with Crippen LogP contribution in [0.2, 0.25) is 0 Å². The minimum Gasteiger partial charge on any atom is -0.411 e. The quantitative estimate of drug-likeness (QED) is 0.430. The van der Waals surface area contributed by atoms with Gasteiger partial charge < -0.3 is 5.21 Å². The van der Waals surface area contributed by atoms with Crippen molar-refractivity contribution in [2.45, 2.75) is 19.3 Å². The van der Waals surface area contributed by atoms with Gasteiger partial charge in [0.1, 0.15) is 0 Å². The second-order valence-electron chi connectivity index (χ2n) is 3.47. The fraction of sp³-hybridized carbons (Fsp3) is 0.250. The van der Waals surface area contributed by atoms with Crippen molar-refractivity contribution in [1.82, 2.24) is 0 Å². The molecule has 2 heteroatoms. The molecule has 0 unspecified atom stereocenters. The highest BCUT2D eigenvalue weighted by Crippen LogP contribution is 2.32. The maximum absolute atomic E-state index is 8.53. The second-order valence-corrected chi connectivity index (χ2v) is 3.47. The van der Waals surface area contributed by atoms with Crippen LogP contribution in [0.4, 0.5) is 0 Å². The highest BCUT2D eigenvalue weighted by molar-refractivity contribution is 5.92. The van der Waals surface area contributed by atoms with Crippen LogP contribution in [-0.2, 0) is 0 Å². The first-order valence-electron chi connectivity index (χ1n) is 4.86. The Morgan fingerprint density at radius 2 is 1.93 bits per heavy atom. The standard InChI is InChI=1S/C12H13NO/c14-13-9-11-7-4-8-12(11)10-5-2-1-3-6-10/h1-3,5-6,9,14H,4,7-8H2/b13-9+. The summed E-state index contributed by atoms with van der Waals surface area (Å²) in [5, 5.41) is 11.6. The molecule has 1 N–H and O–H groups in total. The van der Waals surface area contributed by atoms with Crippen LogP contribution >= 0.6 is 0 Å². The minimum absolute atomic E-state index is 1.02. The normalized spacial score (nSPS) is 16.9. The van der Waals surface area contributed by atoms with Gasteiger partial charge in [0.05, 0.1) is 6.21 Å². The van der Waals surface area contributed by atoms with Gasteiger partial charge in [-0.25, -0.2) is 0 Å². The van der Waals surface area contributed by atoms with Gasteiger partial charge in [-0.1, -0.05) is 35.5 Å². The van der Waals surface area contributed by atoms with Crippen LogP contribution in [-0.4, -0.2) is 11.4 Å². The van der Waals surface area contributed by atoms with Crippen LogP contribution in [0, 0.1) is 0 Å². The number of allylic oxidation sites excluding steroid dienone is 2. The number of benzene rings is 1. The predicted octanol–water partition coefficient (Wildman–Crippen LogP) is 3.08. The maximum atomic E-state index is 8.53. The molecule has 14 heavy (non-hydrogen) atoms. The molecule has 1 aromatic carbocycles. The SMILES string of the molecule is O/N=C/C1=C(c2ccccc2)CCC1. The summed E-state index contributed by atoms with van der Waals surface area (Å²) in [5.41, 5.74) is 3.74. The van der Waals surface area contributed by atoms with Crippen LogP contribution in [0.5, 0.6) is 0 Å². The Morgan fingerprint density at radius 1 is 1.14 bits per heavy atom. The lowest BCUT2D eigenvalue weighted by atomic mass is 10.0. The Bertz CT molecular complexity index is 365.